The van der Waals surface area contributed by atoms with Crippen LogP contribution in [-0.2, 0) is 19.0 Å². The molecule has 4 N–H and O–H groups in total. The van der Waals surface area contributed by atoms with E-state index in [0.29, 0.717) is 26.0 Å². The van der Waals surface area contributed by atoms with E-state index in [-0.39, 0.29) is 31.3 Å². The van der Waals surface area contributed by atoms with Crippen molar-refractivity contribution in [2.75, 3.05) is 33.5 Å². The first-order valence-corrected chi connectivity index (χ1v) is 10.1. The highest BCUT2D eigenvalue weighted by atomic mass is 16.7. The maximum Gasteiger partial charge on any atom is 0.222 e. The standard InChI is InChI=1S/C19H35NO8/c1-12-17(24)18(25)15(11-22)28-19(12)27-7-5-3-4-6-16(23)20-9-14(26-2)8-13(20)10-21/h12-15,17-19,21-22,24-25H,3-11H2,1-2H3/t12?,13-,14+,15?,17?,18-,19?/m0/s1. The van der Waals surface area contributed by atoms with Crippen molar-refractivity contribution in [3.05, 3.63) is 0 Å². The SMILES string of the molecule is CO[C@@H]1C[C@@H](CO)N(C(=O)CCCCCOC2OC(CO)[C@H](O)C(O)C2C)C1. The lowest BCUT2D eigenvalue weighted by molar-refractivity contribution is -0.282. The Balaban J connectivity index is 1.63. The highest BCUT2D eigenvalue weighted by molar-refractivity contribution is 5.76. The number of aliphatic hydroxyl groups is 4. The number of carbonyl (C=O) groups excluding carboxylic acids is 1. The topological polar surface area (TPSA) is 129 Å². The molecule has 0 spiro atoms. The van der Waals surface area contributed by atoms with Crippen molar-refractivity contribution in [2.45, 2.75) is 75.8 Å². The van der Waals surface area contributed by atoms with Gasteiger partial charge >= 0.3 is 0 Å². The summed E-state index contributed by atoms with van der Waals surface area (Å²) in [6, 6.07) is -0.160. The van der Waals surface area contributed by atoms with Crippen molar-refractivity contribution in [1.29, 1.82) is 0 Å². The van der Waals surface area contributed by atoms with E-state index in [9.17, 15) is 25.2 Å². The van der Waals surface area contributed by atoms with E-state index >= 15 is 0 Å². The number of likely N-dealkylation sites (tertiary alicyclic amines) is 1. The van der Waals surface area contributed by atoms with Crippen LogP contribution < -0.4 is 0 Å². The molecule has 28 heavy (non-hydrogen) atoms. The average Bonchev–Trinajstić information content (AvgIpc) is 3.13. The monoisotopic (exact) mass is 405 g/mol. The molecule has 2 saturated heterocycles. The third kappa shape index (κ3) is 5.85. The molecule has 0 saturated carbocycles. The van der Waals surface area contributed by atoms with Crippen LogP contribution in [0.5, 0.6) is 0 Å². The minimum atomic E-state index is -1.13. The summed E-state index contributed by atoms with van der Waals surface area (Å²) >= 11 is 0. The molecule has 9 heteroatoms. The molecule has 7 atom stereocenters. The van der Waals surface area contributed by atoms with E-state index in [1.807, 2.05) is 0 Å². The Labute approximate surface area is 166 Å². The van der Waals surface area contributed by atoms with E-state index in [2.05, 4.69) is 0 Å². The highest BCUT2D eigenvalue weighted by Crippen LogP contribution is 2.27. The Morgan fingerprint density at radius 1 is 1.14 bits per heavy atom. The van der Waals surface area contributed by atoms with Crippen LogP contribution in [0.15, 0.2) is 0 Å². The van der Waals surface area contributed by atoms with E-state index in [4.69, 9.17) is 14.2 Å². The smallest absolute Gasteiger partial charge is 0.222 e. The molecule has 2 aliphatic heterocycles. The van der Waals surface area contributed by atoms with Crippen LogP contribution in [0.4, 0.5) is 0 Å². The third-order valence-corrected chi connectivity index (χ3v) is 5.75. The van der Waals surface area contributed by atoms with Gasteiger partial charge in [-0.2, -0.15) is 0 Å². The Hall–Kier alpha value is -0.810. The van der Waals surface area contributed by atoms with Crippen molar-refractivity contribution >= 4 is 5.91 Å². The van der Waals surface area contributed by atoms with Gasteiger partial charge in [-0.05, 0) is 19.3 Å². The Kier molecular flexibility index (Phi) is 9.55. The number of rotatable bonds is 10. The van der Waals surface area contributed by atoms with Gasteiger partial charge in [0.15, 0.2) is 6.29 Å². The Bertz CT molecular complexity index is 477. The maximum absolute atomic E-state index is 12.4. The summed E-state index contributed by atoms with van der Waals surface area (Å²) in [5.41, 5.74) is 0. The highest BCUT2D eigenvalue weighted by Gasteiger charge is 2.42. The molecule has 0 aromatic heterocycles. The van der Waals surface area contributed by atoms with E-state index in [1.54, 1.807) is 18.9 Å². The van der Waals surface area contributed by atoms with Crippen molar-refractivity contribution in [3.8, 4) is 0 Å². The zero-order valence-corrected chi connectivity index (χ0v) is 16.8. The number of amides is 1. The summed E-state index contributed by atoms with van der Waals surface area (Å²) in [4.78, 5) is 14.1. The number of methoxy groups -OCH3 is 1. The van der Waals surface area contributed by atoms with E-state index in [0.717, 1.165) is 19.3 Å². The molecule has 0 bridgehead atoms. The van der Waals surface area contributed by atoms with Gasteiger partial charge in [-0.25, -0.2) is 0 Å². The zero-order chi connectivity index (χ0) is 20.7. The first-order chi connectivity index (χ1) is 13.4. The number of ether oxygens (including phenoxy) is 3. The Morgan fingerprint density at radius 2 is 1.89 bits per heavy atom. The van der Waals surface area contributed by atoms with Crippen LogP contribution >= 0.6 is 0 Å². The van der Waals surface area contributed by atoms with Gasteiger partial charge in [0.25, 0.3) is 0 Å². The second-order valence-corrected chi connectivity index (χ2v) is 7.72. The predicted molar refractivity (Wildman–Crippen MR) is 99.3 cm³/mol. The lowest BCUT2D eigenvalue weighted by Crippen LogP contribution is -2.55. The van der Waals surface area contributed by atoms with Gasteiger partial charge in [0.2, 0.25) is 5.91 Å². The number of nitrogens with zero attached hydrogens (tertiary/aromatic N) is 1. The predicted octanol–water partition coefficient (Wildman–Crippen LogP) is -0.753. The summed E-state index contributed by atoms with van der Waals surface area (Å²) in [5, 5.41) is 38.5. The molecule has 0 aliphatic carbocycles. The van der Waals surface area contributed by atoms with Crippen LogP contribution in [0.3, 0.4) is 0 Å². The fourth-order valence-corrected chi connectivity index (χ4v) is 3.83. The second-order valence-electron chi connectivity index (χ2n) is 7.72. The van der Waals surface area contributed by atoms with E-state index < -0.39 is 30.5 Å². The molecule has 1 amide bonds. The molecule has 2 heterocycles. The number of hydrogen-bond acceptors (Lipinski definition) is 8. The van der Waals surface area contributed by atoms with Gasteiger partial charge in [0, 0.05) is 32.6 Å². The van der Waals surface area contributed by atoms with Gasteiger partial charge in [-0.1, -0.05) is 13.3 Å². The maximum atomic E-state index is 12.4. The summed E-state index contributed by atoms with van der Waals surface area (Å²) in [6.07, 6.45) is -0.356. The average molecular weight is 405 g/mol. The summed E-state index contributed by atoms with van der Waals surface area (Å²) < 4.78 is 16.5. The van der Waals surface area contributed by atoms with Gasteiger partial charge in [0.1, 0.15) is 12.2 Å². The number of hydrogen-bond donors (Lipinski definition) is 4. The van der Waals surface area contributed by atoms with Crippen LogP contribution in [0.1, 0.15) is 39.0 Å². The van der Waals surface area contributed by atoms with E-state index in [1.165, 1.54) is 0 Å². The molecular formula is C19H35NO8. The zero-order valence-electron chi connectivity index (χ0n) is 16.8. The largest absolute Gasteiger partial charge is 0.394 e. The van der Waals surface area contributed by atoms with Crippen molar-refractivity contribution < 1.29 is 39.4 Å². The second kappa shape index (κ2) is 11.4. The van der Waals surface area contributed by atoms with Crippen LogP contribution in [-0.4, -0.2) is 101 Å². The lowest BCUT2D eigenvalue weighted by atomic mass is 9.92. The normalized spacial score (nSPS) is 36.1. The molecule has 2 aliphatic rings. The van der Waals surface area contributed by atoms with Crippen LogP contribution in [0.2, 0.25) is 0 Å². The molecule has 2 rings (SSSR count). The van der Waals surface area contributed by atoms with Gasteiger partial charge in [-0.15, -0.1) is 0 Å². The number of aliphatic hydroxyl groups excluding tert-OH is 4. The van der Waals surface area contributed by atoms with Gasteiger partial charge < -0.3 is 39.5 Å². The molecule has 0 radical (unpaired) electrons. The van der Waals surface area contributed by atoms with Crippen molar-refractivity contribution in [3.63, 3.8) is 0 Å². The third-order valence-electron chi connectivity index (χ3n) is 5.75. The Morgan fingerprint density at radius 3 is 2.54 bits per heavy atom. The van der Waals surface area contributed by atoms with Crippen molar-refractivity contribution in [2.24, 2.45) is 5.92 Å². The number of carbonyl (C=O) groups is 1. The first-order valence-electron chi connectivity index (χ1n) is 10.1. The fraction of sp³-hybridized carbons (Fsp3) is 0.947. The molecular weight excluding hydrogens is 370 g/mol. The summed E-state index contributed by atoms with van der Waals surface area (Å²) in [7, 11) is 1.62. The quantitative estimate of drug-likeness (QED) is 0.349. The van der Waals surface area contributed by atoms with Crippen molar-refractivity contribution in [1.82, 2.24) is 4.90 Å². The van der Waals surface area contributed by atoms with Crippen LogP contribution in [0.25, 0.3) is 0 Å². The molecule has 9 nitrogen and oxygen atoms in total. The first kappa shape index (κ1) is 23.5. The molecule has 0 aromatic carbocycles. The molecule has 2 fully saturated rings. The lowest BCUT2D eigenvalue weighted by Gasteiger charge is -2.40. The minimum Gasteiger partial charge on any atom is -0.394 e. The minimum absolute atomic E-state index is 0.0106. The number of unbranched alkanes of at least 4 members (excludes halogenated alkanes) is 2. The fourth-order valence-electron chi connectivity index (χ4n) is 3.83. The van der Waals surface area contributed by atoms with Gasteiger partial charge in [-0.3, -0.25) is 4.79 Å². The van der Waals surface area contributed by atoms with Gasteiger partial charge in [0.05, 0.1) is 31.5 Å². The molecule has 0 aromatic rings. The molecule has 164 valence electrons. The summed E-state index contributed by atoms with van der Waals surface area (Å²) in [6.45, 7) is 2.22. The van der Waals surface area contributed by atoms with Crippen LogP contribution in [0, 0.1) is 5.92 Å². The molecule has 4 unspecified atom stereocenters. The summed E-state index contributed by atoms with van der Waals surface area (Å²) in [5.74, 6) is -0.370.